The molecule has 3 rings (SSSR count). The maximum Gasteiger partial charge on any atom is 0.254 e. The predicted octanol–water partition coefficient (Wildman–Crippen LogP) is 2.79. The molecule has 0 fully saturated rings. The van der Waals surface area contributed by atoms with Gasteiger partial charge >= 0.3 is 0 Å². The lowest BCUT2D eigenvalue weighted by Gasteiger charge is -2.21. The molecule has 1 amide bonds. The topological polar surface area (TPSA) is 128 Å². The lowest BCUT2D eigenvalue weighted by atomic mass is 10.0. The van der Waals surface area contributed by atoms with Crippen molar-refractivity contribution in [3.05, 3.63) is 93.2 Å². The molecule has 5 N–H and O–H groups in total. The number of carbonyl (C=O) groups is 1. The number of amides is 1. The first-order valence-corrected chi connectivity index (χ1v) is 11.4. The third-order valence-corrected chi connectivity index (χ3v) is 5.46. The van der Waals surface area contributed by atoms with Gasteiger partial charge in [-0.05, 0) is 23.8 Å². The van der Waals surface area contributed by atoms with Crippen LogP contribution in [0.15, 0.2) is 77.1 Å². The molecular weight excluding hydrogens is 491 g/mol. The second-order valence-corrected chi connectivity index (χ2v) is 8.46. The Kier molecular flexibility index (Phi) is 9.27. The molecule has 1 aromatic heterocycles. The van der Waals surface area contributed by atoms with Gasteiger partial charge in [-0.25, -0.2) is 10.8 Å². The SMILES string of the molecule is COCCNC(=O)C(Cc1ccccc1)n1cnc(-c2cc(Cl)ccc2N(N)/C=C(\N)Cl)cc1=O. The Hall–Kier alpha value is -3.37. The Labute approximate surface area is 212 Å². The van der Waals surface area contributed by atoms with Gasteiger partial charge in [-0.15, -0.1) is 0 Å². The van der Waals surface area contributed by atoms with Gasteiger partial charge < -0.3 is 15.8 Å². The summed E-state index contributed by atoms with van der Waals surface area (Å²) in [6, 6.07) is 14.9. The first-order chi connectivity index (χ1) is 16.8. The normalized spacial score (nSPS) is 12.3. The van der Waals surface area contributed by atoms with Gasteiger partial charge in [0, 0.05) is 36.7 Å². The summed E-state index contributed by atoms with van der Waals surface area (Å²) in [4.78, 5) is 30.7. The number of halogens is 2. The molecule has 184 valence electrons. The highest BCUT2D eigenvalue weighted by atomic mass is 35.5. The number of hydrogen-bond acceptors (Lipinski definition) is 7. The highest BCUT2D eigenvalue weighted by Crippen LogP contribution is 2.31. The predicted molar refractivity (Wildman–Crippen MR) is 138 cm³/mol. The summed E-state index contributed by atoms with van der Waals surface area (Å²) >= 11 is 11.9. The van der Waals surface area contributed by atoms with E-state index in [1.165, 1.54) is 28.2 Å². The summed E-state index contributed by atoms with van der Waals surface area (Å²) in [5.74, 6) is 5.74. The van der Waals surface area contributed by atoms with Gasteiger partial charge in [-0.3, -0.25) is 19.2 Å². The molecule has 0 saturated heterocycles. The molecule has 11 heteroatoms. The van der Waals surface area contributed by atoms with E-state index in [4.69, 9.17) is 39.5 Å². The van der Waals surface area contributed by atoms with Crippen molar-refractivity contribution in [1.29, 1.82) is 0 Å². The van der Waals surface area contributed by atoms with Crippen molar-refractivity contribution in [2.24, 2.45) is 11.6 Å². The standard InChI is InChI=1S/C24H26Cl2N6O3/c1-35-10-9-29-24(34)21(11-16-5-3-2-4-6-16)31-15-30-19(13-23(31)33)18-12-17(25)7-8-20(18)32(28)14-22(26)27/h2-8,12-15,21H,9-11,27-28H2,1H3,(H,29,34)/b22-14-. The van der Waals surface area contributed by atoms with E-state index < -0.39 is 11.6 Å². The zero-order valence-corrected chi connectivity index (χ0v) is 20.5. The van der Waals surface area contributed by atoms with Crippen LogP contribution in [0.4, 0.5) is 5.69 Å². The maximum absolute atomic E-state index is 13.2. The van der Waals surface area contributed by atoms with Crippen molar-refractivity contribution in [3.63, 3.8) is 0 Å². The summed E-state index contributed by atoms with van der Waals surface area (Å²) < 4.78 is 6.31. The summed E-state index contributed by atoms with van der Waals surface area (Å²) in [7, 11) is 1.55. The molecule has 2 aromatic carbocycles. The number of nitrogens with one attached hydrogen (secondary N) is 1. The minimum absolute atomic E-state index is 0.0278. The van der Waals surface area contributed by atoms with Crippen molar-refractivity contribution in [2.75, 3.05) is 25.3 Å². The molecule has 0 aliphatic rings. The minimum Gasteiger partial charge on any atom is -0.388 e. The van der Waals surface area contributed by atoms with Crippen LogP contribution in [0, 0.1) is 0 Å². The molecule has 1 heterocycles. The number of hydrazine groups is 1. The van der Waals surface area contributed by atoms with Gasteiger partial charge in [0.25, 0.3) is 5.56 Å². The van der Waals surface area contributed by atoms with Crippen LogP contribution in [0.1, 0.15) is 11.6 Å². The van der Waals surface area contributed by atoms with Crippen LogP contribution in [-0.4, -0.2) is 35.7 Å². The van der Waals surface area contributed by atoms with Crippen LogP contribution in [0.25, 0.3) is 11.3 Å². The lowest BCUT2D eigenvalue weighted by Crippen LogP contribution is -2.39. The zero-order chi connectivity index (χ0) is 25.4. The Morgan fingerprint density at radius 3 is 2.66 bits per heavy atom. The van der Waals surface area contributed by atoms with E-state index >= 15 is 0 Å². The highest BCUT2D eigenvalue weighted by Gasteiger charge is 2.23. The number of aromatic nitrogens is 2. The van der Waals surface area contributed by atoms with Crippen molar-refractivity contribution < 1.29 is 9.53 Å². The molecule has 3 aromatic rings. The van der Waals surface area contributed by atoms with Crippen molar-refractivity contribution in [1.82, 2.24) is 14.9 Å². The first kappa shape index (κ1) is 26.2. The molecule has 35 heavy (non-hydrogen) atoms. The number of rotatable bonds is 10. The van der Waals surface area contributed by atoms with Crippen LogP contribution in [0.5, 0.6) is 0 Å². The monoisotopic (exact) mass is 516 g/mol. The summed E-state index contributed by atoms with van der Waals surface area (Å²) in [5, 5.41) is 4.41. The number of benzene rings is 2. The van der Waals surface area contributed by atoms with Crippen LogP contribution in [-0.2, 0) is 16.0 Å². The highest BCUT2D eigenvalue weighted by molar-refractivity contribution is 6.31. The fourth-order valence-electron chi connectivity index (χ4n) is 3.48. The Balaban J connectivity index is 2.01. The molecule has 0 aliphatic carbocycles. The number of carbonyl (C=O) groups excluding carboxylic acids is 1. The van der Waals surface area contributed by atoms with E-state index in [-0.39, 0.29) is 11.1 Å². The summed E-state index contributed by atoms with van der Waals surface area (Å²) in [5.41, 5.74) is 7.29. The maximum atomic E-state index is 13.2. The van der Waals surface area contributed by atoms with E-state index in [0.717, 1.165) is 5.56 Å². The van der Waals surface area contributed by atoms with Gasteiger partial charge in [-0.1, -0.05) is 53.5 Å². The van der Waals surface area contributed by atoms with Crippen molar-refractivity contribution in [3.8, 4) is 11.3 Å². The molecule has 9 nitrogen and oxygen atoms in total. The fourth-order valence-corrected chi connectivity index (χ4v) is 3.76. The number of nitrogens with two attached hydrogens (primary N) is 2. The molecule has 0 bridgehead atoms. The Bertz CT molecular complexity index is 1250. The third kappa shape index (κ3) is 7.06. The van der Waals surface area contributed by atoms with Gasteiger partial charge in [0.2, 0.25) is 5.91 Å². The molecule has 0 spiro atoms. The summed E-state index contributed by atoms with van der Waals surface area (Å²) in [6.07, 6.45) is 2.97. The van der Waals surface area contributed by atoms with Gasteiger partial charge in [-0.2, -0.15) is 0 Å². The van der Waals surface area contributed by atoms with Crippen molar-refractivity contribution in [2.45, 2.75) is 12.5 Å². The van der Waals surface area contributed by atoms with Crippen LogP contribution in [0.2, 0.25) is 5.02 Å². The first-order valence-electron chi connectivity index (χ1n) is 10.7. The van der Waals surface area contributed by atoms with E-state index in [2.05, 4.69) is 10.3 Å². The molecule has 1 unspecified atom stereocenters. The number of hydrogen-bond donors (Lipinski definition) is 3. The van der Waals surface area contributed by atoms with Crippen molar-refractivity contribution >= 4 is 34.8 Å². The van der Waals surface area contributed by atoms with Crippen LogP contribution < -0.4 is 27.5 Å². The molecule has 0 radical (unpaired) electrons. The quantitative estimate of drug-likeness (QED) is 0.163. The van der Waals surface area contributed by atoms with E-state index in [0.29, 0.717) is 41.5 Å². The molecule has 1 atom stereocenters. The average molecular weight is 517 g/mol. The van der Waals surface area contributed by atoms with E-state index in [9.17, 15) is 9.59 Å². The molecular formula is C24H26Cl2N6O3. The average Bonchev–Trinajstić information content (AvgIpc) is 2.83. The zero-order valence-electron chi connectivity index (χ0n) is 19.0. The number of nitrogens with zero attached hydrogens (tertiary/aromatic N) is 3. The van der Waals surface area contributed by atoms with E-state index in [1.54, 1.807) is 25.3 Å². The molecule has 0 aliphatic heterocycles. The summed E-state index contributed by atoms with van der Waals surface area (Å²) in [6.45, 7) is 0.667. The number of methoxy groups -OCH3 is 1. The third-order valence-electron chi connectivity index (χ3n) is 5.13. The van der Waals surface area contributed by atoms with Crippen LogP contribution >= 0.6 is 23.2 Å². The smallest absolute Gasteiger partial charge is 0.254 e. The van der Waals surface area contributed by atoms with E-state index in [1.807, 2.05) is 30.3 Å². The van der Waals surface area contributed by atoms with Gasteiger partial charge in [0.05, 0.1) is 30.5 Å². The van der Waals surface area contributed by atoms with Gasteiger partial charge in [0.15, 0.2) is 0 Å². The second kappa shape index (κ2) is 12.4. The lowest BCUT2D eigenvalue weighted by molar-refractivity contribution is -0.124. The number of ether oxygens (including phenoxy) is 1. The largest absolute Gasteiger partial charge is 0.388 e. The Morgan fingerprint density at radius 1 is 1.26 bits per heavy atom. The number of anilines is 1. The molecule has 0 saturated carbocycles. The fraction of sp³-hybridized carbons (Fsp3) is 0.208. The minimum atomic E-state index is -0.813. The van der Waals surface area contributed by atoms with Crippen LogP contribution in [0.3, 0.4) is 0 Å². The second-order valence-electron chi connectivity index (χ2n) is 7.59. The van der Waals surface area contributed by atoms with Gasteiger partial charge in [0.1, 0.15) is 11.2 Å². The Morgan fingerprint density at radius 2 is 2.00 bits per heavy atom.